The van der Waals surface area contributed by atoms with Crippen molar-refractivity contribution in [1.82, 2.24) is 14.5 Å². The summed E-state index contributed by atoms with van der Waals surface area (Å²) in [6, 6.07) is 10.5. The maximum absolute atomic E-state index is 12.5. The number of nitrogens with one attached hydrogen (secondary N) is 1. The quantitative estimate of drug-likeness (QED) is 0.708. The van der Waals surface area contributed by atoms with Gasteiger partial charge >= 0.3 is 11.7 Å². The number of likely N-dealkylation sites (N-methyl/N-ethyl adjacent to an activating group) is 1. The Bertz CT molecular complexity index is 886. The van der Waals surface area contributed by atoms with Gasteiger partial charge in [-0.25, -0.2) is 9.36 Å². The van der Waals surface area contributed by atoms with Crippen LogP contribution in [0.5, 0.6) is 0 Å². The molecular formula is C18H21N3O5. The van der Waals surface area contributed by atoms with Crippen LogP contribution in [0.2, 0.25) is 0 Å². The molecule has 0 fully saturated rings. The number of hydrogen-bond acceptors (Lipinski definition) is 5. The lowest BCUT2D eigenvalue weighted by Gasteiger charge is -2.14. The van der Waals surface area contributed by atoms with Crippen molar-refractivity contribution >= 4 is 11.9 Å². The highest BCUT2D eigenvalue weighted by molar-refractivity contribution is 5.83. The molecule has 0 saturated heterocycles. The Balaban J connectivity index is 2.15. The number of carbonyl (C=O) groups excluding carboxylic acids is 2. The van der Waals surface area contributed by atoms with Crippen LogP contribution >= 0.6 is 0 Å². The molecular weight excluding hydrogens is 338 g/mol. The average molecular weight is 359 g/mol. The maximum Gasteiger partial charge on any atom is 0.331 e. The van der Waals surface area contributed by atoms with Crippen LogP contribution in [-0.2, 0) is 27.4 Å². The second-order valence-corrected chi connectivity index (χ2v) is 5.66. The van der Waals surface area contributed by atoms with Crippen molar-refractivity contribution in [3.8, 4) is 0 Å². The van der Waals surface area contributed by atoms with E-state index in [1.54, 1.807) is 6.92 Å². The van der Waals surface area contributed by atoms with Gasteiger partial charge in [-0.2, -0.15) is 0 Å². The highest BCUT2D eigenvalue weighted by Crippen LogP contribution is 2.00. The fraction of sp³-hybridized carbons (Fsp3) is 0.333. The van der Waals surface area contributed by atoms with E-state index in [0.29, 0.717) is 6.54 Å². The van der Waals surface area contributed by atoms with Gasteiger partial charge in [-0.1, -0.05) is 30.3 Å². The van der Waals surface area contributed by atoms with Crippen molar-refractivity contribution in [3.05, 3.63) is 69.0 Å². The minimum absolute atomic E-state index is 0.268. The first kappa shape index (κ1) is 19.2. The third-order valence-electron chi connectivity index (χ3n) is 3.65. The number of ether oxygens (including phenoxy) is 1. The second-order valence-electron chi connectivity index (χ2n) is 5.66. The van der Waals surface area contributed by atoms with Gasteiger partial charge in [0.25, 0.3) is 11.5 Å². The molecule has 1 aromatic heterocycles. The number of carbonyl (C=O) groups is 2. The monoisotopic (exact) mass is 359 g/mol. The van der Waals surface area contributed by atoms with E-state index in [-0.39, 0.29) is 6.54 Å². The SMILES string of the molecule is CCNC(=O)[C@H](C)OC(=O)Cn1c(=O)ccn(Cc2ccccc2)c1=O. The summed E-state index contributed by atoms with van der Waals surface area (Å²) in [7, 11) is 0. The molecule has 1 heterocycles. The van der Waals surface area contributed by atoms with Crippen molar-refractivity contribution < 1.29 is 14.3 Å². The van der Waals surface area contributed by atoms with E-state index in [4.69, 9.17) is 4.74 Å². The van der Waals surface area contributed by atoms with Gasteiger partial charge in [0.05, 0.1) is 6.54 Å². The van der Waals surface area contributed by atoms with Crippen molar-refractivity contribution in [2.75, 3.05) is 6.54 Å². The van der Waals surface area contributed by atoms with Gasteiger partial charge in [-0.05, 0) is 19.4 Å². The topological polar surface area (TPSA) is 99.4 Å². The van der Waals surface area contributed by atoms with Crippen LogP contribution in [-0.4, -0.2) is 33.7 Å². The third-order valence-corrected chi connectivity index (χ3v) is 3.65. The lowest BCUT2D eigenvalue weighted by molar-refractivity contribution is -0.155. The molecule has 2 aromatic rings. The molecule has 26 heavy (non-hydrogen) atoms. The second kappa shape index (κ2) is 8.80. The maximum atomic E-state index is 12.5. The van der Waals surface area contributed by atoms with Crippen molar-refractivity contribution in [3.63, 3.8) is 0 Å². The molecule has 0 aliphatic carbocycles. The van der Waals surface area contributed by atoms with Gasteiger partial charge in [-0.3, -0.25) is 19.0 Å². The van der Waals surface area contributed by atoms with Crippen LogP contribution < -0.4 is 16.6 Å². The van der Waals surface area contributed by atoms with Crippen LogP contribution in [0.4, 0.5) is 0 Å². The van der Waals surface area contributed by atoms with Crippen LogP contribution in [0, 0.1) is 0 Å². The molecule has 8 heteroatoms. The summed E-state index contributed by atoms with van der Waals surface area (Å²) in [6.07, 6.45) is 0.380. The fourth-order valence-electron chi connectivity index (χ4n) is 2.34. The van der Waals surface area contributed by atoms with Crippen molar-refractivity contribution in [2.45, 2.75) is 33.0 Å². The Kier molecular flexibility index (Phi) is 6.48. The Morgan fingerprint density at radius 3 is 2.50 bits per heavy atom. The summed E-state index contributed by atoms with van der Waals surface area (Å²) in [5, 5.41) is 2.52. The summed E-state index contributed by atoms with van der Waals surface area (Å²) >= 11 is 0. The molecule has 8 nitrogen and oxygen atoms in total. The number of benzene rings is 1. The minimum atomic E-state index is -1.01. The van der Waals surface area contributed by atoms with Crippen LogP contribution in [0.15, 0.2) is 52.2 Å². The zero-order chi connectivity index (χ0) is 19.1. The lowest BCUT2D eigenvalue weighted by Crippen LogP contribution is -2.42. The summed E-state index contributed by atoms with van der Waals surface area (Å²) in [4.78, 5) is 48.1. The predicted octanol–water partition coefficient (Wildman–Crippen LogP) is 0.126. The molecule has 1 aromatic carbocycles. The largest absolute Gasteiger partial charge is 0.451 e. The standard InChI is InChI=1S/C18H21N3O5/c1-3-19-17(24)13(2)26-16(23)12-21-15(22)9-10-20(18(21)25)11-14-7-5-4-6-8-14/h4-10,13H,3,11-12H2,1-2H3,(H,19,24)/t13-/m0/s1. The van der Waals surface area contributed by atoms with E-state index in [2.05, 4.69) is 5.32 Å². The van der Waals surface area contributed by atoms with Gasteiger partial charge in [0.15, 0.2) is 6.10 Å². The molecule has 0 radical (unpaired) electrons. The number of esters is 1. The Morgan fingerprint density at radius 2 is 1.85 bits per heavy atom. The number of hydrogen-bond donors (Lipinski definition) is 1. The normalized spacial score (nSPS) is 11.6. The summed E-state index contributed by atoms with van der Waals surface area (Å²) in [5.74, 6) is -1.27. The molecule has 1 amide bonds. The molecule has 138 valence electrons. The minimum Gasteiger partial charge on any atom is -0.451 e. The summed E-state index contributed by atoms with van der Waals surface area (Å²) in [5.41, 5.74) is -0.349. The van der Waals surface area contributed by atoms with E-state index in [1.807, 2.05) is 30.3 Å². The molecule has 0 aliphatic rings. The molecule has 0 spiro atoms. The van der Waals surface area contributed by atoms with Crippen molar-refractivity contribution in [1.29, 1.82) is 0 Å². The highest BCUT2D eigenvalue weighted by Gasteiger charge is 2.18. The van der Waals surface area contributed by atoms with E-state index in [9.17, 15) is 19.2 Å². The van der Waals surface area contributed by atoms with Gasteiger partial charge in [0, 0.05) is 18.8 Å². The zero-order valence-electron chi connectivity index (χ0n) is 14.7. The van der Waals surface area contributed by atoms with Crippen LogP contribution in [0.25, 0.3) is 0 Å². The molecule has 1 N–H and O–H groups in total. The molecule has 0 bridgehead atoms. The van der Waals surface area contributed by atoms with Crippen LogP contribution in [0.1, 0.15) is 19.4 Å². The molecule has 2 rings (SSSR count). The Hall–Kier alpha value is -3.16. The summed E-state index contributed by atoms with van der Waals surface area (Å²) in [6.45, 7) is 3.28. The molecule has 1 atom stereocenters. The molecule has 0 unspecified atom stereocenters. The van der Waals surface area contributed by atoms with Crippen molar-refractivity contribution in [2.24, 2.45) is 0 Å². The molecule has 0 saturated carbocycles. The van der Waals surface area contributed by atoms with E-state index in [1.165, 1.54) is 23.8 Å². The first-order valence-electron chi connectivity index (χ1n) is 8.23. The van der Waals surface area contributed by atoms with Gasteiger partial charge in [-0.15, -0.1) is 0 Å². The van der Waals surface area contributed by atoms with E-state index < -0.39 is 35.8 Å². The number of rotatable bonds is 7. The lowest BCUT2D eigenvalue weighted by atomic mass is 10.2. The first-order valence-corrected chi connectivity index (χ1v) is 8.23. The number of nitrogens with zero attached hydrogens (tertiary/aromatic N) is 2. The van der Waals surface area contributed by atoms with Gasteiger partial charge < -0.3 is 10.1 Å². The van der Waals surface area contributed by atoms with E-state index in [0.717, 1.165) is 10.1 Å². The average Bonchev–Trinajstić information content (AvgIpc) is 2.62. The smallest absolute Gasteiger partial charge is 0.331 e. The first-order chi connectivity index (χ1) is 12.4. The predicted molar refractivity (Wildman–Crippen MR) is 94.7 cm³/mol. The van der Waals surface area contributed by atoms with Gasteiger partial charge in [0.1, 0.15) is 6.54 Å². The fourth-order valence-corrected chi connectivity index (χ4v) is 2.34. The zero-order valence-corrected chi connectivity index (χ0v) is 14.7. The Morgan fingerprint density at radius 1 is 1.15 bits per heavy atom. The summed E-state index contributed by atoms with van der Waals surface area (Å²) < 4.78 is 7.10. The Labute approximate surface area is 150 Å². The van der Waals surface area contributed by atoms with E-state index >= 15 is 0 Å². The highest BCUT2D eigenvalue weighted by atomic mass is 16.5. The molecule has 0 aliphatic heterocycles. The van der Waals surface area contributed by atoms with Crippen LogP contribution in [0.3, 0.4) is 0 Å². The van der Waals surface area contributed by atoms with Gasteiger partial charge in [0.2, 0.25) is 0 Å². The number of aromatic nitrogens is 2. The third kappa shape index (κ3) is 4.92. The number of amides is 1.